The van der Waals surface area contributed by atoms with Gasteiger partial charge in [0.2, 0.25) is 0 Å². The van der Waals surface area contributed by atoms with E-state index in [4.69, 9.17) is 10.1 Å². The van der Waals surface area contributed by atoms with Crippen molar-refractivity contribution in [1.29, 1.82) is 5.41 Å². The Balaban J connectivity index is 2.15. The molecule has 1 atom stereocenters. The first-order valence-electron chi connectivity index (χ1n) is 7.65. The molecule has 130 valence electrons. The molecule has 0 bridgehead atoms. The molecule has 3 N–H and O–H groups in total. The van der Waals surface area contributed by atoms with Crippen molar-refractivity contribution in [3.05, 3.63) is 75.9 Å². The van der Waals surface area contributed by atoms with Gasteiger partial charge in [-0.3, -0.25) is 5.32 Å². The number of amides is 1. The van der Waals surface area contributed by atoms with Crippen LogP contribution < -0.4 is 5.32 Å². The molecule has 0 aliphatic carbocycles. The fourth-order valence-electron chi connectivity index (χ4n) is 2.17. The second kappa shape index (κ2) is 8.48. The second-order valence-corrected chi connectivity index (χ2v) is 6.35. The van der Waals surface area contributed by atoms with Crippen LogP contribution in [0.15, 0.2) is 64.8 Å². The molecule has 2 aromatic rings. The average Bonchev–Trinajstić information content (AvgIpc) is 2.60. The Bertz CT molecular complexity index is 786. The van der Waals surface area contributed by atoms with E-state index in [1.54, 1.807) is 31.2 Å². The molecule has 0 fully saturated rings. The fourth-order valence-corrected chi connectivity index (χ4v) is 2.43. The van der Waals surface area contributed by atoms with E-state index in [1.807, 2.05) is 30.3 Å². The van der Waals surface area contributed by atoms with Crippen LogP contribution in [0.2, 0.25) is 0 Å². The van der Waals surface area contributed by atoms with Gasteiger partial charge in [-0.1, -0.05) is 58.4 Å². The normalized spacial score (nSPS) is 12.8. The van der Waals surface area contributed by atoms with E-state index >= 15 is 0 Å². The smallest absolute Gasteiger partial charge is 0.412 e. The highest BCUT2D eigenvalue weighted by Crippen LogP contribution is 2.20. The Morgan fingerprint density at radius 2 is 1.76 bits per heavy atom. The summed E-state index contributed by atoms with van der Waals surface area (Å²) in [7, 11) is 0. The molecule has 0 aliphatic rings. The molecular weight excluding hydrogens is 384 g/mol. The van der Waals surface area contributed by atoms with Crippen molar-refractivity contribution in [2.24, 2.45) is 0 Å². The maximum absolute atomic E-state index is 12.1. The highest BCUT2D eigenvalue weighted by molar-refractivity contribution is 9.10. The van der Waals surface area contributed by atoms with Crippen molar-refractivity contribution < 1.29 is 14.6 Å². The summed E-state index contributed by atoms with van der Waals surface area (Å²) >= 11 is 3.32. The van der Waals surface area contributed by atoms with Crippen LogP contribution in [0.4, 0.5) is 4.79 Å². The second-order valence-electron chi connectivity index (χ2n) is 5.44. The predicted octanol–water partition coefficient (Wildman–Crippen LogP) is 5.20. The monoisotopic (exact) mass is 402 g/mol. The molecular formula is C19H19BrN2O3. The first-order chi connectivity index (χ1) is 11.9. The number of hydrogen-bond acceptors (Lipinski definition) is 4. The number of allylic oxidation sites excluding steroid dienone is 1. The van der Waals surface area contributed by atoms with Gasteiger partial charge in [0.15, 0.2) is 0 Å². The molecule has 0 saturated carbocycles. The first kappa shape index (κ1) is 18.7. The lowest BCUT2D eigenvalue weighted by Crippen LogP contribution is -2.29. The molecule has 0 radical (unpaired) electrons. The summed E-state index contributed by atoms with van der Waals surface area (Å²) in [6.07, 6.45) is -1.19. The standard InChI is InChI=1S/C19H19BrN2O3/c1-12(21)17(18(23)15-8-10-16(20)11-9-15)22-19(24)25-13(2)14-6-4-3-5-7-14/h3-11,13,21,23H,1-2H3,(H,22,24)/b18-17+,21-12?/t13-/m1/s1. The maximum Gasteiger partial charge on any atom is 0.412 e. The van der Waals surface area contributed by atoms with Crippen molar-refractivity contribution in [3.8, 4) is 0 Å². The van der Waals surface area contributed by atoms with Crippen LogP contribution in [0, 0.1) is 5.41 Å². The van der Waals surface area contributed by atoms with Gasteiger partial charge in [0.05, 0.1) is 5.71 Å². The lowest BCUT2D eigenvalue weighted by atomic mass is 10.1. The molecule has 0 aliphatic heterocycles. The van der Waals surface area contributed by atoms with Gasteiger partial charge in [-0.15, -0.1) is 0 Å². The van der Waals surface area contributed by atoms with Gasteiger partial charge in [0.25, 0.3) is 0 Å². The van der Waals surface area contributed by atoms with Crippen LogP contribution in [-0.4, -0.2) is 16.9 Å². The summed E-state index contributed by atoms with van der Waals surface area (Å²) in [5.41, 5.74) is 1.37. The molecule has 2 aromatic carbocycles. The molecule has 0 saturated heterocycles. The summed E-state index contributed by atoms with van der Waals surface area (Å²) < 4.78 is 6.18. The zero-order valence-electron chi connectivity index (χ0n) is 13.9. The molecule has 25 heavy (non-hydrogen) atoms. The Hall–Kier alpha value is -2.60. The number of ether oxygens (including phenoxy) is 1. The average molecular weight is 403 g/mol. The third-order valence-corrected chi connectivity index (χ3v) is 4.04. The molecule has 2 rings (SSSR count). The van der Waals surface area contributed by atoms with E-state index in [-0.39, 0.29) is 17.2 Å². The van der Waals surface area contributed by atoms with Crippen LogP contribution in [0.1, 0.15) is 31.1 Å². The van der Waals surface area contributed by atoms with Crippen molar-refractivity contribution in [3.63, 3.8) is 0 Å². The van der Waals surface area contributed by atoms with Crippen LogP contribution in [-0.2, 0) is 4.74 Å². The van der Waals surface area contributed by atoms with E-state index in [0.717, 1.165) is 10.0 Å². The molecule has 6 heteroatoms. The Labute approximate surface area is 155 Å². The highest BCUT2D eigenvalue weighted by atomic mass is 79.9. The van der Waals surface area contributed by atoms with Gasteiger partial charge in [-0.25, -0.2) is 4.79 Å². The topological polar surface area (TPSA) is 82.4 Å². The Morgan fingerprint density at radius 3 is 2.32 bits per heavy atom. The quantitative estimate of drug-likeness (QED) is 0.474. The number of rotatable bonds is 5. The number of nitrogens with one attached hydrogen (secondary N) is 2. The van der Waals surface area contributed by atoms with Crippen molar-refractivity contribution >= 4 is 33.5 Å². The summed E-state index contributed by atoms with van der Waals surface area (Å²) in [5.74, 6) is -0.190. The van der Waals surface area contributed by atoms with E-state index in [2.05, 4.69) is 21.2 Å². The summed E-state index contributed by atoms with van der Waals surface area (Å²) in [5, 5.41) is 20.7. The molecule has 0 heterocycles. The molecule has 0 aromatic heterocycles. The fraction of sp³-hybridized carbons (Fsp3) is 0.158. The van der Waals surface area contributed by atoms with Crippen molar-refractivity contribution in [1.82, 2.24) is 5.32 Å². The SMILES string of the molecule is CC(=N)/C(NC(=O)O[C@H](C)c1ccccc1)=C(\O)c1ccc(Br)cc1. The van der Waals surface area contributed by atoms with E-state index in [0.29, 0.717) is 5.56 Å². The lowest BCUT2D eigenvalue weighted by molar-refractivity contribution is 0.110. The lowest BCUT2D eigenvalue weighted by Gasteiger charge is -2.16. The van der Waals surface area contributed by atoms with Crippen LogP contribution in [0.3, 0.4) is 0 Å². The minimum Gasteiger partial charge on any atom is -0.505 e. The van der Waals surface area contributed by atoms with Gasteiger partial charge in [-0.05, 0) is 31.5 Å². The molecule has 0 spiro atoms. The maximum atomic E-state index is 12.1. The zero-order chi connectivity index (χ0) is 18.4. The van der Waals surface area contributed by atoms with Gasteiger partial charge in [-0.2, -0.15) is 0 Å². The zero-order valence-corrected chi connectivity index (χ0v) is 15.5. The third-order valence-electron chi connectivity index (χ3n) is 3.51. The minimum absolute atomic E-state index is 0.00702. The van der Waals surface area contributed by atoms with Crippen molar-refractivity contribution in [2.45, 2.75) is 20.0 Å². The number of hydrogen-bond donors (Lipinski definition) is 3. The molecule has 1 amide bonds. The number of carbonyl (C=O) groups excluding carboxylic acids is 1. The first-order valence-corrected chi connectivity index (χ1v) is 8.45. The summed E-state index contributed by atoms with van der Waals surface area (Å²) in [6, 6.07) is 16.2. The van der Waals surface area contributed by atoms with Crippen LogP contribution >= 0.6 is 15.9 Å². The number of halogens is 1. The van der Waals surface area contributed by atoms with E-state index < -0.39 is 12.2 Å². The molecule has 5 nitrogen and oxygen atoms in total. The molecule has 0 unspecified atom stereocenters. The minimum atomic E-state index is -0.735. The van der Waals surface area contributed by atoms with Crippen LogP contribution in [0.25, 0.3) is 5.76 Å². The number of aliphatic hydroxyl groups excluding tert-OH is 1. The van der Waals surface area contributed by atoms with Gasteiger partial charge >= 0.3 is 6.09 Å². The highest BCUT2D eigenvalue weighted by Gasteiger charge is 2.17. The van der Waals surface area contributed by atoms with Gasteiger partial charge in [0, 0.05) is 10.0 Å². The number of alkyl carbamates (subject to hydrolysis) is 1. The summed E-state index contributed by atoms with van der Waals surface area (Å²) in [6.45, 7) is 3.23. The van der Waals surface area contributed by atoms with Crippen molar-refractivity contribution in [2.75, 3.05) is 0 Å². The number of benzene rings is 2. The van der Waals surface area contributed by atoms with Crippen LogP contribution in [0.5, 0.6) is 0 Å². The largest absolute Gasteiger partial charge is 0.505 e. The summed E-state index contributed by atoms with van der Waals surface area (Å²) in [4.78, 5) is 12.1. The Morgan fingerprint density at radius 1 is 1.16 bits per heavy atom. The van der Waals surface area contributed by atoms with E-state index in [1.165, 1.54) is 6.92 Å². The van der Waals surface area contributed by atoms with E-state index in [9.17, 15) is 9.90 Å². The number of carbonyl (C=O) groups is 1. The number of aliphatic hydroxyl groups is 1. The predicted molar refractivity (Wildman–Crippen MR) is 102 cm³/mol. The Kier molecular flexibility index (Phi) is 6.36. The third kappa shape index (κ3) is 5.19. The van der Waals surface area contributed by atoms with Gasteiger partial charge in [0.1, 0.15) is 17.6 Å². The van der Waals surface area contributed by atoms with Gasteiger partial charge < -0.3 is 15.3 Å².